The van der Waals surface area contributed by atoms with Crippen molar-refractivity contribution in [1.82, 2.24) is 14.9 Å². The number of carbonyl (C=O) groups is 1. The summed E-state index contributed by atoms with van der Waals surface area (Å²) >= 11 is 5.98. The largest absolute Gasteiger partial charge is 0.490 e. The number of nitrogen functional groups attached to an aromatic ring is 1. The summed E-state index contributed by atoms with van der Waals surface area (Å²) in [5.74, 6) is 0.392. The number of carbonyl (C=O) groups excluding carboxylic acids is 1. The van der Waals surface area contributed by atoms with E-state index in [1.54, 1.807) is 19.2 Å². The van der Waals surface area contributed by atoms with Crippen molar-refractivity contribution in [3.8, 4) is 5.75 Å². The van der Waals surface area contributed by atoms with Crippen LogP contribution in [0.25, 0.3) is 0 Å². The molecule has 21 heavy (non-hydrogen) atoms. The van der Waals surface area contributed by atoms with Crippen molar-refractivity contribution in [3.05, 3.63) is 47.4 Å². The molecule has 1 amide bonds. The number of likely N-dealkylation sites (N-methyl/N-ethyl adjacent to an activating group) is 1. The van der Waals surface area contributed by atoms with Crippen molar-refractivity contribution in [2.45, 2.75) is 0 Å². The molecule has 0 radical (unpaired) electrons. The van der Waals surface area contributed by atoms with Gasteiger partial charge in [-0.3, -0.25) is 4.79 Å². The Morgan fingerprint density at radius 1 is 1.33 bits per heavy atom. The van der Waals surface area contributed by atoms with Gasteiger partial charge in [0.1, 0.15) is 12.4 Å². The lowest BCUT2D eigenvalue weighted by molar-refractivity contribution is 0.0769. The number of nitrogens with two attached hydrogens (primary N) is 1. The fourth-order valence-corrected chi connectivity index (χ4v) is 1.84. The Morgan fingerprint density at radius 3 is 2.76 bits per heavy atom. The van der Waals surface area contributed by atoms with Gasteiger partial charge in [-0.2, -0.15) is 0 Å². The molecule has 7 heteroatoms. The van der Waals surface area contributed by atoms with E-state index in [0.717, 1.165) is 0 Å². The molecule has 0 aliphatic rings. The summed E-state index contributed by atoms with van der Waals surface area (Å²) < 4.78 is 5.53. The number of halogens is 1. The normalized spacial score (nSPS) is 10.2. The minimum absolute atomic E-state index is 0.112. The van der Waals surface area contributed by atoms with Gasteiger partial charge < -0.3 is 15.4 Å². The van der Waals surface area contributed by atoms with Crippen LogP contribution in [0.1, 0.15) is 10.5 Å². The quantitative estimate of drug-likeness (QED) is 0.912. The minimum atomic E-state index is -0.302. The zero-order valence-electron chi connectivity index (χ0n) is 11.5. The van der Waals surface area contributed by atoms with Crippen LogP contribution in [0.15, 0.2) is 36.7 Å². The third-order valence-electron chi connectivity index (χ3n) is 2.80. The average molecular weight is 307 g/mol. The summed E-state index contributed by atoms with van der Waals surface area (Å²) in [6.45, 7) is 0.687. The number of hydrogen-bond acceptors (Lipinski definition) is 5. The molecule has 0 fully saturated rings. The van der Waals surface area contributed by atoms with E-state index in [9.17, 15) is 4.79 Å². The van der Waals surface area contributed by atoms with Crippen molar-refractivity contribution in [2.75, 3.05) is 25.9 Å². The third kappa shape index (κ3) is 3.82. The molecule has 6 nitrogen and oxygen atoms in total. The van der Waals surface area contributed by atoms with Gasteiger partial charge in [0.15, 0.2) is 11.5 Å². The highest BCUT2D eigenvalue weighted by molar-refractivity contribution is 6.32. The lowest BCUT2D eigenvalue weighted by atomic mass is 10.3. The lowest BCUT2D eigenvalue weighted by Gasteiger charge is -2.17. The van der Waals surface area contributed by atoms with Crippen LogP contribution in [-0.2, 0) is 0 Å². The van der Waals surface area contributed by atoms with Gasteiger partial charge in [-0.25, -0.2) is 9.97 Å². The van der Waals surface area contributed by atoms with Crippen LogP contribution in [-0.4, -0.2) is 41.0 Å². The van der Waals surface area contributed by atoms with E-state index in [1.807, 2.05) is 12.1 Å². The summed E-state index contributed by atoms with van der Waals surface area (Å²) in [6, 6.07) is 7.16. The van der Waals surface area contributed by atoms with E-state index in [4.69, 9.17) is 22.1 Å². The van der Waals surface area contributed by atoms with Crippen LogP contribution in [0.2, 0.25) is 5.02 Å². The van der Waals surface area contributed by atoms with Gasteiger partial charge in [-0.15, -0.1) is 0 Å². The van der Waals surface area contributed by atoms with Gasteiger partial charge in [0, 0.05) is 19.4 Å². The summed E-state index contributed by atoms with van der Waals surface area (Å²) in [4.78, 5) is 21.4. The highest BCUT2D eigenvalue weighted by atomic mass is 35.5. The smallest absolute Gasteiger partial charge is 0.276 e. The Morgan fingerprint density at radius 2 is 2.05 bits per heavy atom. The van der Waals surface area contributed by atoms with Crippen LogP contribution in [0.4, 0.5) is 5.82 Å². The molecule has 0 aliphatic heterocycles. The molecule has 1 heterocycles. The van der Waals surface area contributed by atoms with Gasteiger partial charge in [0.05, 0.1) is 11.6 Å². The molecule has 0 spiro atoms. The number of aromatic nitrogens is 2. The van der Waals surface area contributed by atoms with E-state index in [1.165, 1.54) is 17.3 Å². The van der Waals surface area contributed by atoms with Crippen LogP contribution in [0.5, 0.6) is 5.75 Å². The first kappa shape index (κ1) is 15.1. The monoisotopic (exact) mass is 306 g/mol. The molecule has 2 N–H and O–H groups in total. The van der Waals surface area contributed by atoms with Crippen molar-refractivity contribution in [3.63, 3.8) is 0 Å². The second-order valence-corrected chi connectivity index (χ2v) is 4.70. The Kier molecular flexibility index (Phi) is 4.94. The number of amides is 1. The van der Waals surface area contributed by atoms with Gasteiger partial charge in [-0.05, 0) is 12.1 Å². The van der Waals surface area contributed by atoms with E-state index in [2.05, 4.69) is 9.97 Å². The number of para-hydroxylation sites is 1. The first-order chi connectivity index (χ1) is 10.1. The number of benzene rings is 1. The summed E-state index contributed by atoms with van der Waals surface area (Å²) in [6.07, 6.45) is 2.87. The molecule has 0 bridgehead atoms. The zero-order valence-corrected chi connectivity index (χ0v) is 12.2. The second-order valence-electron chi connectivity index (χ2n) is 4.30. The maximum atomic E-state index is 12.1. The predicted octanol–water partition coefficient (Wildman–Crippen LogP) is 1.86. The standard InChI is InChI=1S/C14H15ClN4O2/c1-19(14(20)12-13(16)18-7-6-17-12)8-9-21-11-5-3-2-4-10(11)15/h2-7H,8-9H2,1H3,(H2,16,18). The van der Waals surface area contributed by atoms with Gasteiger partial charge in [0.25, 0.3) is 5.91 Å². The van der Waals surface area contributed by atoms with Crippen molar-refractivity contribution < 1.29 is 9.53 Å². The van der Waals surface area contributed by atoms with Crippen LogP contribution in [0, 0.1) is 0 Å². The number of hydrogen-bond donors (Lipinski definition) is 1. The maximum Gasteiger partial charge on any atom is 0.276 e. The first-order valence-corrected chi connectivity index (χ1v) is 6.66. The lowest BCUT2D eigenvalue weighted by Crippen LogP contribution is -2.32. The van der Waals surface area contributed by atoms with E-state index < -0.39 is 0 Å². The molecule has 0 unspecified atom stereocenters. The Hall–Kier alpha value is -2.34. The fraction of sp³-hybridized carbons (Fsp3) is 0.214. The van der Waals surface area contributed by atoms with Crippen LogP contribution in [0.3, 0.4) is 0 Å². The number of rotatable bonds is 5. The summed E-state index contributed by atoms with van der Waals surface area (Å²) in [5.41, 5.74) is 5.77. The fourth-order valence-electron chi connectivity index (χ4n) is 1.65. The van der Waals surface area contributed by atoms with Crippen molar-refractivity contribution >= 4 is 23.3 Å². The molecule has 0 saturated heterocycles. The number of nitrogens with zero attached hydrogens (tertiary/aromatic N) is 3. The highest BCUT2D eigenvalue weighted by Gasteiger charge is 2.16. The van der Waals surface area contributed by atoms with E-state index in [-0.39, 0.29) is 17.4 Å². The molecule has 1 aromatic heterocycles. The van der Waals surface area contributed by atoms with E-state index in [0.29, 0.717) is 23.9 Å². The van der Waals surface area contributed by atoms with Gasteiger partial charge >= 0.3 is 0 Å². The summed E-state index contributed by atoms with van der Waals surface area (Å²) in [7, 11) is 1.65. The molecule has 2 aromatic rings. The molecule has 2 rings (SSSR count). The topological polar surface area (TPSA) is 81.3 Å². The summed E-state index contributed by atoms with van der Waals surface area (Å²) in [5, 5.41) is 0.532. The van der Waals surface area contributed by atoms with Crippen LogP contribution >= 0.6 is 11.6 Å². The molecule has 1 aromatic carbocycles. The SMILES string of the molecule is CN(CCOc1ccccc1Cl)C(=O)c1nccnc1N. The van der Waals surface area contributed by atoms with Crippen molar-refractivity contribution in [1.29, 1.82) is 0 Å². The van der Waals surface area contributed by atoms with Gasteiger partial charge in [0.2, 0.25) is 0 Å². The molecule has 0 aliphatic carbocycles. The maximum absolute atomic E-state index is 12.1. The Labute approximate surface area is 127 Å². The second kappa shape index (κ2) is 6.90. The number of ether oxygens (including phenoxy) is 1. The third-order valence-corrected chi connectivity index (χ3v) is 3.11. The Bertz CT molecular complexity index is 636. The highest BCUT2D eigenvalue weighted by Crippen LogP contribution is 2.22. The predicted molar refractivity (Wildman–Crippen MR) is 80.4 cm³/mol. The number of anilines is 1. The first-order valence-electron chi connectivity index (χ1n) is 6.29. The average Bonchev–Trinajstić information content (AvgIpc) is 2.49. The molecular formula is C14H15ClN4O2. The molecular weight excluding hydrogens is 292 g/mol. The van der Waals surface area contributed by atoms with Crippen molar-refractivity contribution in [2.24, 2.45) is 0 Å². The molecule has 0 atom stereocenters. The zero-order chi connectivity index (χ0) is 15.2. The molecule has 110 valence electrons. The van der Waals surface area contributed by atoms with Gasteiger partial charge in [-0.1, -0.05) is 23.7 Å². The van der Waals surface area contributed by atoms with E-state index >= 15 is 0 Å². The van der Waals surface area contributed by atoms with Crippen LogP contribution < -0.4 is 10.5 Å². The molecule has 0 saturated carbocycles. The Balaban J connectivity index is 1.90. The minimum Gasteiger partial charge on any atom is -0.490 e.